The second-order valence-electron chi connectivity index (χ2n) is 8.98. The van der Waals surface area contributed by atoms with E-state index < -0.39 is 5.82 Å². The minimum Gasteiger partial charge on any atom is -0.421 e. The Balaban J connectivity index is 1.58. The number of anilines is 1. The van der Waals surface area contributed by atoms with E-state index in [1.54, 1.807) is 26.4 Å². The zero-order valence-corrected chi connectivity index (χ0v) is 18.8. The topological polar surface area (TPSA) is 124 Å². The van der Waals surface area contributed by atoms with E-state index in [9.17, 15) is 9.65 Å². The summed E-state index contributed by atoms with van der Waals surface area (Å²) in [6, 6.07) is 3.98. The van der Waals surface area contributed by atoms with Gasteiger partial charge in [-0.05, 0) is 38.6 Å². The van der Waals surface area contributed by atoms with Crippen molar-refractivity contribution in [3.63, 3.8) is 0 Å². The summed E-state index contributed by atoms with van der Waals surface area (Å²) in [5, 5.41) is 17.6. The van der Waals surface area contributed by atoms with Crippen molar-refractivity contribution < 1.29 is 9.13 Å². The van der Waals surface area contributed by atoms with Crippen molar-refractivity contribution in [2.24, 2.45) is 5.92 Å². The standard InChI is InChI=1S/C24H23FN8O/c1-11-29-9-14(10-30-11)34-24-32-21(13-5-12-3-4-28-17(12)6-13)20-19-15(8-26)16(25)7-18(27-2)22(19)31-23(20)33-24/h7,9-10,12-13,17,27-28H,3-6H2,1-2H3,(H,31,32,33)/t12-,13?,17+/m1/s1. The Hall–Kier alpha value is -3.84. The van der Waals surface area contributed by atoms with Crippen LogP contribution in [0, 0.1) is 30.0 Å². The highest BCUT2D eigenvalue weighted by molar-refractivity contribution is 6.14. The molecule has 2 aliphatic rings. The maximum absolute atomic E-state index is 14.9. The maximum Gasteiger partial charge on any atom is 0.324 e. The van der Waals surface area contributed by atoms with Crippen LogP contribution in [-0.2, 0) is 0 Å². The summed E-state index contributed by atoms with van der Waals surface area (Å²) in [4.78, 5) is 21.1. The zero-order chi connectivity index (χ0) is 23.4. The third-order valence-corrected chi connectivity index (χ3v) is 7.04. The molecule has 2 fully saturated rings. The minimum atomic E-state index is -0.576. The van der Waals surface area contributed by atoms with Gasteiger partial charge in [0.25, 0.3) is 0 Å². The number of halogens is 1. The molecular formula is C24H23FN8O. The highest BCUT2D eigenvalue weighted by atomic mass is 19.1. The Morgan fingerprint density at radius 1 is 1.21 bits per heavy atom. The van der Waals surface area contributed by atoms with E-state index in [4.69, 9.17) is 9.72 Å². The van der Waals surface area contributed by atoms with Gasteiger partial charge in [0.2, 0.25) is 0 Å². The molecule has 1 unspecified atom stereocenters. The Kier molecular flexibility index (Phi) is 4.81. The first-order valence-corrected chi connectivity index (χ1v) is 11.4. The lowest BCUT2D eigenvalue weighted by atomic mass is 9.95. The highest BCUT2D eigenvalue weighted by Crippen LogP contribution is 2.46. The molecule has 4 heterocycles. The Labute approximate surface area is 194 Å². The molecule has 1 aromatic carbocycles. The molecule has 6 rings (SSSR count). The summed E-state index contributed by atoms with van der Waals surface area (Å²) in [5.41, 5.74) is 2.45. The van der Waals surface area contributed by atoms with Crippen LogP contribution in [0.4, 0.5) is 10.1 Å². The first-order chi connectivity index (χ1) is 16.6. The van der Waals surface area contributed by atoms with E-state index in [1.807, 2.05) is 6.07 Å². The Morgan fingerprint density at radius 2 is 2.03 bits per heavy atom. The largest absolute Gasteiger partial charge is 0.421 e. The van der Waals surface area contributed by atoms with Gasteiger partial charge in [-0.3, -0.25) is 0 Å². The fourth-order valence-corrected chi connectivity index (χ4v) is 5.50. The molecule has 9 nitrogen and oxygen atoms in total. The number of aryl methyl sites for hydroxylation is 1. The summed E-state index contributed by atoms with van der Waals surface area (Å²) in [7, 11) is 1.72. The van der Waals surface area contributed by atoms with Crippen LogP contribution < -0.4 is 15.4 Å². The number of nitriles is 1. The molecule has 0 amide bonds. The second kappa shape index (κ2) is 7.88. The summed E-state index contributed by atoms with van der Waals surface area (Å²) >= 11 is 0. The SMILES string of the molecule is CNc1cc(F)c(C#N)c2c1[nH]c1nc(Oc3cnc(C)nc3)nc(C3C[C@H]4CCN[C@H]4C3)c12. The van der Waals surface area contributed by atoms with Crippen LogP contribution >= 0.6 is 0 Å². The van der Waals surface area contributed by atoms with Crippen LogP contribution in [0.15, 0.2) is 18.5 Å². The van der Waals surface area contributed by atoms with Crippen LogP contribution in [0.3, 0.4) is 0 Å². The van der Waals surface area contributed by atoms with Gasteiger partial charge in [0.1, 0.15) is 23.4 Å². The molecule has 4 aromatic rings. The number of hydrogen-bond acceptors (Lipinski definition) is 8. The van der Waals surface area contributed by atoms with Crippen molar-refractivity contribution in [2.75, 3.05) is 18.9 Å². The Bertz CT molecular complexity index is 1450. The Morgan fingerprint density at radius 3 is 2.76 bits per heavy atom. The molecule has 0 radical (unpaired) electrons. The number of H-pyrrole nitrogens is 1. The molecule has 1 saturated heterocycles. The van der Waals surface area contributed by atoms with Crippen LogP contribution in [-0.4, -0.2) is 44.6 Å². The molecule has 3 atom stereocenters. The molecule has 0 spiro atoms. The fraction of sp³-hybridized carbons (Fsp3) is 0.375. The second-order valence-corrected chi connectivity index (χ2v) is 8.98. The smallest absolute Gasteiger partial charge is 0.324 e. The number of nitrogens with one attached hydrogen (secondary N) is 3. The van der Waals surface area contributed by atoms with Crippen molar-refractivity contribution in [3.05, 3.63) is 41.4 Å². The monoisotopic (exact) mass is 458 g/mol. The van der Waals surface area contributed by atoms with Gasteiger partial charge in [-0.1, -0.05) is 0 Å². The van der Waals surface area contributed by atoms with E-state index in [1.165, 1.54) is 6.07 Å². The predicted molar refractivity (Wildman–Crippen MR) is 124 cm³/mol. The molecule has 1 aliphatic carbocycles. The van der Waals surface area contributed by atoms with Crippen molar-refractivity contribution in [1.29, 1.82) is 5.26 Å². The van der Waals surface area contributed by atoms with Gasteiger partial charge in [0, 0.05) is 30.5 Å². The molecule has 1 aliphatic heterocycles. The molecule has 172 valence electrons. The third kappa shape index (κ3) is 3.23. The molecule has 3 N–H and O–H groups in total. The number of hydrogen-bond donors (Lipinski definition) is 3. The number of rotatable bonds is 4. The number of ether oxygens (including phenoxy) is 1. The van der Waals surface area contributed by atoms with Gasteiger partial charge in [0.15, 0.2) is 5.75 Å². The van der Waals surface area contributed by atoms with Crippen LogP contribution in [0.1, 0.15) is 42.3 Å². The average molecular weight is 459 g/mol. The summed E-state index contributed by atoms with van der Waals surface area (Å²) in [6.45, 7) is 2.83. The zero-order valence-electron chi connectivity index (χ0n) is 18.8. The minimum absolute atomic E-state index is 0.0120. The van der Waals surface area contributed by atoms with E-state index in [0.29, 0.717) is 51.2 Å². The van der Waals surface area contributed by atoms with Gasteiger partial charge in [-0.15, -0.1) is 0 Å². The lowest BCUT2D eigenvalue weighted by Gasteiger charge is -2.14. The van der Waals surface area contributed by atoms with Gasteiger partial charge in [-0.2, -0.15) is 15.2 Å². The van der Waals surface area contributed by atoms with Crippen molar-refractivity contribution >= 4 is 27.6 Å². The van der Waals surface area contributed by atoms with Gasteiger partial charge in [0.05, 0.1) is 40.2 Å². The van der Waals surface area contributed by atoms with Crippen LogP contribution in [0.25, 0.3) is 21.9 Å². The summed E-state index contributed by atoms with van der Waals surface area (Å²) in [6.07, 6.45) is 6.18. The number of fused-ring (bicyclic) bond motifs is 4. The average Bonchev–Trinajstić information content (AvgIpc) is 3.53. The van der Waals surface area contributed by atoms with E-state index in [-0.39, 0.29) is 17.5 Å². The molecule has 10 heteroatoms. The first-order valence-electron chi connectivity index (χ1n) is 11.4. The summed E-state index contributed by atoms with van der Waals surface area (Å²) in [5.74, 6) is 1.20. The van der Waals surface area contributed by atoms with Crippen molar-refractivity contribution in [1.82, 2.24) is 30.2 Å². The summed E-state index contributed by atoms with van der Waals surface area (Å²) < 4.78 is 20.8. The van der Waals surface area contributed by atoms with E-state index in [2.05, 4.69) is 30.6 Å². The molecule has 3 aromatic heterocycles. The van der Waals surface area contributed by atoms with Crippen LogP contribution in [0.5, 0.6) is 11.8 Å². The van der Waals surface area contributed by atoms with Gasteiger partial charge in [-0.25, -0.2) is 14.4 Å². The lowest BCUT2D eigenvalue weighted by molar-refractivity contribution is 0.434. The quantitative estimate of drug-likeness (QED) is 0.420. The predicted octanol–water partition coefficient (Wildman–Crippen LogP) is 3.91. The first kappa shape index (κ1) is 20.7. The van der Waals surface area contributed by atoms with Gasteiger partial charge >= 0.3 is 6.01 Å². The maximum atomic E-state index is 14.9. The molecule has 0 bridgehead atoms. The molecule has 1 saturated carbocycles. The number of nitrogens with zero attached hydrogens (tertiary/aromatic N) is 5. The molecule has 34 heavy (non-hydrogen) atoms. The highest BCUT2D eigenvalue weighted by Gasteiger charge is 2.40. The lowest BCUT2D eigenvalue weighted by Crippen LogP contribution is -2.22. The van der Waals surface area contributed by atoms with E-state index in [0.717, 1.165) is 31.5 Å². The number of aromatic amines is 1. The van der Waals surface area contributed by atoms with Crippen molar-refractivity contribution in [3.8, 4) is 17.8 Å². The van der Waals surface area contributed by atoms with E-state index >= 15 is 0 Å². The normalized spacial score (nSPS) is 21.6. The molecular weight excluding hydrogens is 435 g/mol. The number of benzene rings is 1. The fourth-order valence-electron chi connectivity index (χ4n) is 5.50. The van der Waals surface area contributed by atoms with Crippen LogP contribution in [0.2, 0.25) is 0 Å². The third-order valence-electron chi connectivity index (χ3n) is 7.04. The van der Waals surface area contributed by atoms with Crippen molar-refractivity contribution in [2.45, 2.75) is 38.1 Å². The van der Waals surface area contributed by atoms with Gasteiger partial charge < -0.3 is 20.4 Å². The number of aromatic nitrogens is 5.